The van der Waals surface area contributed by atoms with E-state index < -0.39 is 0 Å². The zero-order chi connectivity index (χ0) is 19.7. The van der Waals surface area contributed by atoms with Gasteiger partial charge in [0.25, 0.3) is 5.91 Å². The molecule has 0 N–H and O–H groups in total. The number of carbonyl (C=O) groups is 2. The maximum absolute atomic E-state index is 13.0. The highest BCUT2D eigenvalue weighted by molar-refractivity contribution is 5.91. The highest BCUT2D eigenvalue weighted by Crippen LogP contribution is 2.25. The number of aryl methyl sites for hydroxylation is 1. The average Bonchev–Trinajstić information content (AvgIpc) is 3.13. The summed E-state index contributed by atoms with van der Waals surface area (Å²) in [5, 5.41) is 0. The molecular formula is C19H30N6O2. The summed E-state index contributed by atoms with van der Waals surface area (Å²) in [5.41, 5.74) is 1.88. The molecule has 0 saturated carbocycles. The van der Waals surface area contributed by atoms with E-state index in [4.69, 9.17) is 0 Å². The topological polar surface area (TPSA) is 72.9 Å². The van der Waals surface area contributed by atoms with Crippen LogP contribution in [-0.4, -0.2) is 95.9 Å². The first kappa shape index (κ1) is 19.5. The minimum absolute atomic E-state index is 0.0521. The van der Waals surface area contributed by atoms with Crippen LogP contribution in [0, 0.1) is 13.8 Å². The van der Waals surface area contributed by atoms with E-state index in [0.29, 0.717) is 32.2 Å². The molecule has 8 heteroatoms. The van der Waals surface area contributed by atoms with Gasteiger partial charge in [-0.2, -0.15) is 0 Å². The molecule has 2 aliphatic rings. The van der Waals surface area contributed by atoms with Gasteiger partial charge in [0.2, 0.25) is 11.7 Å². The molecule has 1 aromatic rings. The molecule has 1 atom stereocenters. The fraction of sp³-hybridized carbons (Fsp3) is 0.684. The summed E-state index contributed by atoms with van der Waals surface area (Å²) in [7, 11) is 4.20. The molecule has 2 aliphatic heterocycles. The molecule has 0 unspecified atom stereocenters. The molecule has 2 amide bonds. The Morgan fingerprint density at radius 2 is 1.63 bits per heavy atom. The number of carbonyl (C=O) groups excluding carboxylic acids is 2. The van der Waals surface area contributed by atoms with Gasteiger partial charge in [0, 0.05) is 63.5 Å². The van der Waals surface area contributed by atoms with Crippen molar-refractivity contribution in [1.82, 2.24) is 24.7 Å². The predicted molar refractivity (Wildman–Crippen MR) is 104 cm³/mol. The Morgan fingerprint density at radius 1 is 1.00 bits per heavy atom. The van der Waals surface area contributed by atoms with E-state index in [1.54, 1.807) is 16.7 Å². The van der Waals surface area contributed by atoms with E-state index >= 15 is 0 Å². The van der Waals surface area contributed by atoms with Gasteiger partial charge in [-0.15, -0.1) is 0 Å². The molecule has 148 valence electrons. The Balaban J connectivity index is 1.78. The normalized spacial score (nSPS) is 20.5. The van der Waals surface area contributed by atoms with Crippen molar-refractivity contribution >= 4 is 17.6 Å². The van der Waals surface area contributed by atoms with Crippen LogP contribution in [0.3, 0.4) is 0 Å². The van der Waals surface area contributed by atoms with Crippen molar-refractivity contribution in [1.29, 1.82) is 0 Å². The molecule has 0 spiro atoms. The fourth-order valence-corrected chi connectivity index (χ4v) is 3.74. The van der Waals surface area contributed by atoms with Crippen molar-refractivity contribution < 1.29 is 9.59 Å². The predicted octanol–water partition coefficient (Wildman–Crippen LogP) is 0.538. The summed E-state index contributed by atoms with van der Waals surface area (Å²) in [5.74, 6) is 1.04. The van der Waals surface area contributed by atoms with Crippen LogP contribution in [0.15, 0.2) is 0 Å². The second-order valence-electron chi connectivity index (χ2n) is 7.73. The average molecular weight is 374 g/mol. The van der Waals surface area contributed by atoms with Crippen molar-refractivity contribution in [3.05, 3.63) is 17.1 Å². The van der Waals surface area contributed by atoms with Gasteiger partial charge < -0.3 is 19.6 Å². The minimum atomic E-state index is -0.147. The van der Waals surface area contributed by atoms with Gasteiger partial charge in [0.15, 0.2) is 0 Å². The van der Waals surface area contributed by atoms with Crippen LogP contribution in [0.25, 0.3) is 0 Å². The monoisotopic (exact) mass is 374 g/mol. The van der Waals surface area contributed by atoms with E-state index in [9.17, 15) is 9.59 Å². The second-order valence-corrected chi connectivity index (χ2v) is 7.73. The van der Waals surface area contributed by atoms with Crippen LogP contribution in [0.2, 0.25) is 0 Å². The highest BCUT2D eigenvalue weighted by Gasteiger charge is 2.29. The van der Waals surface area contributed by atoms with Crippen molar-refractivity contribution in [2.24, 2.45) is 0 Å². The number of piperazine rings is 1. The quantitative estimate of drug-likeness (QED) is 0.769. The van der Waals surface area contributed by atoms with Crippen molar-refractivity contribution in [2.45, 2.75) is 33.2 Å². The number of likely N-dealkylation sites (N-methyl/N-ethyl adjacent to an activating group) is 1. The molecule has 1 aromatic heterocycles. The molecule has 3 heterocycles. The third-order valence-electron chi connectivity index (χ3n) is 5.76. The Labute approximate surface area is 161 Å². The molecule has 0 aliphatic carbocycles. The van der Waals surface area contributed by atoms with Crippen LogP contribution >= 0.6 is 0 Å². The van der Waals surface area contributed by atoms with Gasteiger partial charge in [0.05, 0.1) is 0 Å². The van der Waals surface area contributed by atoms with E-state index in [-0.39, 0.29) is 17.6 Å². The van der Waals surface area contributed by atoms with Crippen LogP contribution in [0.4, 0.5) is 5.82 Å². The smallest absolute Gasteiger partial charge is 0.291 e. The van der Waals surface area contributed by atoms with Crippen LogP contribution in [0.5, 0.6) is 0 Å². The summed E-state index contributed by atoms with van der Waals surface area (Å²) in [6, 6.07) is 0.499. The Bertz CT molecular complexity index is 727. The van der Waals surface area contributed by atoms with E-state index in [1.807, 2.05) is 13.8 Å². The lowest BCUT2D eigenvalue weighted by molar-refractivity contribution is -0.130. The number of rotatable bonds is 3. The fourth-order valence-electron chi connectivity index (χ4n) is 3.74. The van der Waals surface area contributed by atoms with Gasteiger partial charge in [-0.25, -0.2) is 9.97 Å². The van der Waals surface area contributed by atoms with Gasteiger partial charge >= 0.3 is 0 Å². The third kappa shape index (κ3) is 4.05. The SMILES string of the molecule is CC(=O)N1CCN(C(=O)c2nc(C)c(C)c(N3CC[C@@H](N(C)C)C3)n2)CC1. The van der Waals surface area contributed by atoms with Crippen LogP contribution in [-0.2, 0) is 4.79 Å². The number of hydrogen-bond donors (Lipinski definition) is 0. The zero-order valence-corrected chi connectivity index (χ0v) is 17.0. The lowest BCUT2D eigenvalue weighted by Crippen LogP contribution is -2.50. The maximum Gasteiger partial charge on any atom is 0.291 e. The Kier molecular flexibility index (Phi) is 5.64. The number of amides is 2. The number of aromatic nitrogens is 2. The van der Waals surface area contributed by atoms with Crippen molar-refractivity contribution in [3.8, 4) is 0 Å². The molecule has 2 saturated heterocycles. The van der Waals surface area contributed by atoms with Crippen molar-refractivity contribution in [2.75, 3.05) is 58.3 Å². The maximum atomic E-state index is 13.0. The summed E-state index contributed by atoms with van der Waals surface area (Å²) >= 11 is 0. The molecule has 0 bridgehead atoms. The summed E-state index contributed by atoms with van der Waals surface area (Å²) in [6.45, 7) is 9.54. The van der Waals surface area contributed by atoms with Crippen LogP contribution in [0.1, 0.15) is 35.2 Å². The summed E-state index contributed by atoms with van der Waals surface area (Å²) < 4.78 is 0. The van der Waals surface area contributed by atoms with Crippen LogP contribution < -0.4 is 4.90 Å². The van der Waals surface area contributed by atoms with Gasteiger partial charge in [0.1, 0.15) is 5.82 Å². The first-order valence-corrected chi connectivity index (χ1v) is 9.59. The van der Waals surface area contributed by atoms with E-state index in [1.165, 1.54) is 0 Å². The minimum Gasteiger partial charge on any atom is -0.355 e. The standard InChI is InChI=1S/C19H30N6O2/c1-13-14(2)20-17(19(27)24-10-8-23(9-11-24)15(3)26)21-18(13)25-7-6-16(12-25)22(4)5/h16H,6-12H2,1-5H3/t16-/m1/s1. The number of nitrogens with zero attached hydrogens (tertiary/aromatic N) is 6. The van der Waals surface area contributed by atoms with Gasteiger partial charge in [-0.3, -0.25) is 9.59 Å². The summed E-state index contributed by atoms with van der Waals surface area (Å²) in [6.07, 6.45) is 1.09. The largest absolute Gasteiger partial charge is 0.355 e. The molecule has 3 rings (SSSR count). The second kappa shape index (κ2) is 7.80. The van der Waals surface area contributed by atoms with Gasteiger partial charge in [-0.05, 0) is 34.4 Å². The van der Waals surface area contributed by atoms with E-state index in [2.05, 4.69) is 33.9 Å². The number of hydrogen-bond acceptors (Lipinski definition) is 6. The lowest BCUT2D eigenvalue weighted by atomic mass is 10.2. The summed E-state index contributed by atoms with van der Waals surface area (Å²) in [4.78, 5) is 41.6. The number of anilines is 1. The van der Waals surface area contributed by atoms with Crippen molar-refractivity contribution in [3.63, 3.8) is 0 Å². The molecule has 8 nitrogen and oxygen atoms in total. The molecule has 0 aromatic carbocycles. The Hall–Kier alpha value is -2.22. The Morgan fingerprint density at radius 3 is 2.19 bits per heavy atom. The van der Waals surface area contributed by atoms with E-state index in [0.717, 1.165) is 36.6 Å². The zero-order valence-electron chi connectivity index (χ0n) is 17.0. The third-order valence-corrected chi connectivity index (χ3v) is 5.76. The molecule has 0 radical (unpaired) electrons. The molecular weight excluding hydrogens is 344 g/mol. The first-order valence-electron chi connectivity index (χ1n) is 9.59. The molecule has 27 heavy (non-hydrogen) atoms. The first-order chi connectivity index (χ1) is 12.8. The lowest BCUT2D eigenvalue weighted by Gasteiger charge is -2.34. The molecule has 2 fully saturated rings. The highest BCUT2D eigenvalue weighted by atomic mass is 16.2. The van der Waals surface area contributed by atoms with Gasteiger partial charge in [-0.1, -0.05) is 0 Å².